The van der Waals surface area contributed by atoms with E-state index in [-0.39, 0.29) is 23.5 Å². The molecule has 248 valence electrons. The fourth-order valence-electron chi connectivity index (χ4n) is 5.27. The van der Waals surface area contributed by atoms with E-state index in [1.807, 2.05) is 0 Å². The van der Waals surface area contributed by atoms with Crippen LogP contribution < -0.4 is 10.0 Å². The van der Waals surface area contributed by atoms with Crippen molar-refractivity contribution in [3.05, 3.63) is 95.9 Å². The van der Waals surface area contributed by atoms with E-state index in [4.69, 9.17) is 13.0 Å². The first kappa shape index (κ1) is 33.0. The number of pyridine rings is 1. The van der Waals surface area contributed by atoms with Gasteiger partial charge in [-0.2, -0.15) is 13.4 Å². The molecule has 0 saturated heterocycles. The third-order valence-electron chi connectivity index (χ3n) is 7.34. The first-order valence-corrected chi connectivity index (χ1v) is 18.0. The number of carbonyl (C=O) groups is 1. The van der Waals surface area contributed by atoms with Crippen molar-refractivity contribution < 1.29 is 39.0 Å². The Morgan fingerprint density at radius 3 is 2.40 bits per heavy atom. The van der Waals surface area contributed by atoms with E-state index in [2.05, 4.69) is 20.0 Å². The van der Waals surface area contributed by atoms with Crippen LogP contribution >= 0.6 is 0 Å². The molecule has 0 radical (unpaired) electrons. The molecule has 0 spiro atoms. The van der Waals surface area contributed by atoms with Gasteiger partial charge in [0.15, 0.2) is 11.2 Å². The summed E-state index contributed by atoms with van der Waals surface area (Å²) >= 11 is 0. The second-order valence-electron chi connectivity index (χ2n) is 11.0. The molecule has 0 aliphatic rings. The van der Waals surface area contributed by atoms with Gasteiger partial charge < -0.3 is 14.2 Å². The first-order valence-electron chi connectivity index (χ1n) is 14.6. The molecule has 0 bridgehead atoms. The number of benzene rings is 3. The lowest BCUT2D eigenvalue weighted by Crippen LogP contribution is -2.34. The fraction of sp³-hybridized carbons (Fsp3) is 0.182. The molecule has 0 saturated carbocycles. The smallest absolute Gasteiger partial charge is 0.264 e. The molecular weight excluding hydrogens is 664 g/mol. The SMILES string of the molecule is CNC(=O)c1c(-c2ccc(F)cc2)oc2cc(CS(=O)(=O)NCC(C)OS(C)(=O)=O)c(-c3cccc(-c4nc5ncccc5o4)c3)cc12. The van der Waals surface area contributed by atoms with Crippen LogP contribution in [0, 0.1) is 5.82 Å². The van der Waals surface area contributed by atoms with Gasteiger partial charge >= 0.3 is 0 Å². The van der Waals surface area contributed by atoms with Gasteiger partial charge in [0.05, 0.1) is 23.7 Å². The Kier molecular flexibility index (Phi) is 8.87. The number of rotatable bonds is 11. The third kappa shape index (κ3) is 7.13. The van der Waals surface area contributed by atoms with Crippen molar-refractivity contribution >= 4 is 48.2 Å². The second kappa shape index (κ2) is 12.9. The second-order valence-corrected chi connectivity index (χ2v) is 14.4. The van der Waals surface area contributed by atoms with Gasteiger partial charge in [0.25, 0.3) is 16.0 Å². The minimum Gasteiger partial charge on any atom is -0.455 e. The van der Waals surface area contributed by atoms with Crippen molar-refractivity contribution in [3.63, 3.8) is 0 Å². The van der Waals surface area contributed by atoms with E-state index in [0.29, 0.717) is 50.3 Å². The monoisotopic (exact) mass is 692 g/mol. The van der Waals surface area contributed by atoms with Gasteiger partial charge in [-0.3, -0.25) is 8.98 Å². The van der Waals surface area contributed by atoms with Gasteiger partial charge in [-0.05, 0) is 84.3 Å². The van der Waals surface area contributed by atoms with Crippen molar-refractivity contribution in [2.24, 2.45) is 0 Å². The number of hydrogen-bond acceptors (Lipinski definition) is 10. The fourth-order valence-corrected chi connectivity index (χ4v) is 7.18. The maximum atomic E-state index is 13.8. The van der Waals surface area contributed by atoms with Gasteiger partial charge in [0.2, 0.25) is 15.9 Å². The number of sulfonamides is 1. The average Bonchev–Trinajstić information content (AvgIpc) is 3.64. The molecule has 15 heteroatoms. The number of furan rings is 1. The Bertz CT molecular complexity index is 2360. The molecule has 6 rings (SSSR count). The molecule has 0 aliphatic heterocycles. The van der Waals surface area contributed by atoms with Crippen molar-refractivity contribution in [2.75, 3.05) is 19.8 Å². The van der Waals surface area contributed by atoms with E-state index in [9.17, 15) is 26.0 Å². The normalized spacial score (nSPS) is 12.8. The molecule has 0 aliphatic carbocycles. The van der Waals surface area contributed by atoms with Crippen molar-refractivity contribution in [2.45, 2.75) is 18.8 Å². The lowest BCUT2D eigenvalue weighted by atomic mass is 9.95. The highest BCUT2D eigenvalue weighted by Gasteiger charge is 2.26. The maximum Gasteiger partial charge on any atom is 0.264 e. The molecule has 1 unspecified atom stereocenters. The Morgan fingerprint density at radius 2 is 1.69 bits per heavy atom. The molecule has 6 aromatic rings. The summed E-state index contributed by atoms with van der Waals surface area (Å²) in [5, 5.41) is 3.01. The summed E-state index contributed by atoms with van der Waals surface area (Å²) in [4.78, 5) is 21.9. The summed E-state index contributed by atoms with van der Waals surface area (Å²) in [6.45, 7) is 1.12. The van der Waals surface area contributed by atoms with Crippen LogP contribution in [0.4, 0.5) is 4.39 Å². The van der Waals surface area contributed by atoms with E-state index in [1.54, 1.807) is 48.7 Å². The molecule has 2 N–H and O–H groups in total. The molecule has 1 amide bonds. The number of aromatic nitrogens is 2. The Hall–Kier alpha value is -4.96. The van der Waals surface area contributed by atoms with Gasteiger partial charge in [-0.15, -0.1) is 0 Å². The van der Waals surface area contributed by atoms with Crippen molar-refractivity contribution in [1.29, 1.82) is 0 Å². The number of nitrogens with one attached hydrogen (secondary N) is 2. The summed E-state index contributed by atoms with van der Waals surface area (Å²) in [7, 11) is -6.41. The molecule has 0 fully saturated rings. The Balaban J connectivity index is 1.49. The molecule has 48 heavy (non-hydrogen) atoms. The molecule has 3 aromatic heterocycles. The predicted molar refractivity (Wildman–Crippen MR) is 177 cm³/mol. The van der Waals surface area contributed by atoms with Crippen molar-refractivity contribution in [3.8, 4) is 33.9 Å². The number of fused-ring (bicyclic) bond motifs is 2. The van der Waals surface area contributed by atoms with E-state index >= 15 is 0 Å². The van der Waals surface area contributed by atoms with E-state index in [1.165, 1.54) is 44.3 Å². The van der Waals surface area contributed by atoms with Crippen LogP contribution in [-0.2, 0) is 30.1 Å². The maximum absolute atomic E-state index is 13.8. The average molecular weight is 693 g/mol. The van der Waals surface area contributed by atoms with Gasteiger partial charge in [-0.1, -0.05) is 12.1 Å². The predicted octanol–water partition coefficient (Wildman–Crippen LogP) is 5.25. The van der Waals surface area contributed by atoms with Gasteiger partial charge in [0.1, 0.15) is 17.2 Å². The number of hydrogen-bond donors (Lipinski definition) is 2. The van der Waals surface area contributed by atoms with Crippen molar-refractivity contribution in [1.82, 2.24) is 20.0 Å². The number of carbonyl (C=O) groups excluding carboxylic acids is 1. The molecular formula is C33H29FN4O8S2. The molecule has 3 heterocycles. The lowest BCUT2D eigenvalue weighted by Gasteiger charge is -2.15. The zero-order chi connectivity index (χ0) is 34.2. The zero-order valence-corrected chi connectivity index (χ0v) is 27.5. The van der Waals surface area contributed by atoms with E-state index < -0.39 is 43.7 Å². The number of oxazole rings is 1. The Labute approximate surface area is 275 Å². The number of amides is 1. The summed E-state index contributed by atoms with van der Waals surface area (Å²) < 4.78 is 82.9. The molecule has 12 nitrogen and oxygen atoms in total. The quantitative estimate of drug-likeness (QED) is 0.171. The van der Waals surface area contributed by atoms with Gasteiger partial charge in [0, 0.05) is 36.3 Å². The van der Waals surface area contributed by atoms with Crippen LogP contribution in [0.2, 0.25) is 0 Å². The highest BCUT2D eigenvalue weighted by molar-refractivity contribution is 7.88. The number of nitrogens with zero attached hydrogens (tertiary/aromatic N) is 2. The Morgan fingerprint density at radius 1 is 0.938 bits per heavy atom. The minimum atomic E-state index is -4.07. The van der Waals surface area contributed by atoms with Crippen LogP contribution in [-0.4, -0.2) is 58.7 Å². The third-order valence-corrected chi connectivity index (χ3v) is 9.31. The van der Waals surface area contributed by atoms with Gasteiger partial charge in [-0.25, -0.2) is 22.5 Å². The van der Waals surface area contributed by atoms with Crippen LogP contribution in [0.5, 0.6) is 0 Å². The van der Waals surface area contributed by atoms with Crippen LogP contribution in [0.25, 0.3) is 56.1 Å². The van der Waals surface area contributed by atoms with Crippen LogP contribution in [0.15, 0.2) is 87.8 Å². The topological polar surface area (TPSA) is 171 Å². The lowest BCUT2D eigenvalue weighted by molar-refractivity contribution is 0.0964. The largest absolute Gasteiger partial charge is 0.455 e. The molecule has 3 aromatic carbocycles. The standard InChI is InChI=1S/C33H29FN4O8S2/c1-19(46-47(3,40)41)17-37-48(42,43)18-23-15-28-26(29(32(39)35-2)30(44-28)20-9-11-24(34)12-10-20)16-25(23)21-6-4-7-22(14-21)33-38-31-27(45-33)8-5-13-36-31/h4-16,19,37H,17-18H2,1-3H3,(H,35,39). The summed E-state index contributed by atoms with van der Waals surface area (Å²) in [6, 6.07) is 19.2. The van der Waals surface area contributed by atoms with Crippen LogP contribution in [0.3, 0.4) is 0 Å². The first-order chi connectivity index (χ1) is 22.8. The summed E-state index contributed by atoms with van der Waals surface area (Å²) in [6.07, 6.45) is 1.52. The summed E-state index contributed by atoms with van der Waals surface area (Å²) in [5.74, 6) is -0.996. The summed E-state index contributed by atoms with van der Waals surface area (Å²) in [5.41, 5.74) is 3.70. The zero-order valence-electron chi connectivity index (χ0n) is 25.9. The van der Waals surface area contributed by atoms with E-state index in [0.717, 1.165) is 6.26 Å². The highest BCUT2D eigenvalue weighted by atomic mass is 32.2. The minimum absolute atomic E-state index is 0.174. The van der Waals surface area contributed by atoms with Crippen LogP contribution in [0.1, 0.15) is 22.8 Å². The number of halogens is 1. The highest BCUT2D eigenvalue weighted by Crippen LogP contribution is 2.39. The molecule has 1 atom stereocenters.